The molecule has 106 valence electrons. The van der Waals surface area contributed by atoms with Crippen LogP contribution >= 0.6 is 0 Å². The van der Waals surface area contributed by atoms with Gasteiger partial charge in [-0.05, 0) is 56.3 Å². The van der Waals surface area contributed by atoms with Crippen LogP contribution in [0.5, 0.6) is 0 Å². The van der Waals surface area contributed by atoms with Crippen molar-refractivity contribution in [1.82, 2.24) is 10.3 Å². The fourth-order valence-corrected chi connectivity index (χ4v) is 2.38. The maximum Gasteiger partial charge on any atom is 0.0270 e. The molecular weight excluding hydrogens is 232 g/mol. The topological polar surface area (TPSA) is 24.9 Å². The number of hydrogen-bond donors (Lipinski definition) is 1. The molecule has 1 rings (SSSR count). The number of nitrogens with zero attached hydrogens (tertiary/aromatic N) is 1. The molecule has 1 heterocycles. The fraction of sp³-hybridized carbons (Fsp3) is 0.588. The summed E-state index contributed by atoms with van der Waals surface area (Å²) in [4.78, 5) is 4.06. The number of rotatable bonds is 11. The molecule has 0 aliphatic rings. The smallest absolute Gasteiger partial charge is 0.0270 e. The Kier molecular flexibility index (Phi) is 8.99. The molecule has 0 aliphatic heterocycles. The molecule has 1 aromatic heterocycles. The van der Waals surface area contributed by atoms with Crippen LogP contribution in [0.15, 0.2) is 37.2 Å². The van der Waals surface area contributed by atoms with Crippen LogP contribution in [0, 0.1) is 0 Å². The zero-order valence-corrected chi connectivity index (χ0v) is 12.3. The van der Waals surface area contributed by atoms with Gasteiger partial charge in [-0.25, -0.2) is 0 Å². The predicted octanol–water partition coefficient (Wildman–Crippen LogP) is 4.13. The Morgan fingerprint density at radius 1 is 1.21 bits per heavy atom. The molecule has 2 heteroatoms. The van der Waals surface area contributed by atoms with Crippen LogP contribution in [0.1, 0.15) is 51.0 Å². The lowest BCUT2D eigenvalue weighted by atomic mass is 10.0. The highest BCUT2D eigenvalue weighted by Crippen LogP contribution is 2.11. The second kappa shape index (κ2) is 10.7. The fourth-order valence-electron chi connectivity index (χ4n) is 2.38. The number of aromatic nitrogens is 1. The summed E-state index contributed by atoms with van der Waals surface area (Å²) in [6.45, 7) is 7.02. The van der Waals surface area contributed by atoms with Gasteiger partial charge in [0.25, 0.3) is 0 Å². The zero-order chi connectivity index (χ0) is 13.8. The van der Waals surface area contributed by atoms with Crippen molar-refractivity contribution in [3.63, 3.8) is 0 Å². The Hall–Kier alpha value is -1.15. The predicted molar refractivity (Wildman–Crippen MR) is 83.3 cm³/mol. The van der Waals surface area contributed by atoms with Gasteiger partial charge in [0.15, 0.2) is 0 Å². The third kappa shape index (κ3) is 7.78. The van der Waals surface area contributed by atoms with E-state index in [0.29, 0.717) is 6.04 Å². The molecule has 19 heavy (non-hydrogen) atoms. The second-order valence-electron chi connectivity index (χ2n) is 5.08. The highest BCUT2D eigenvalue weighted by atomic mass is 14.9. The Bertz CT molecular complexity index is 321. The van der Waals surface area contributed by atoms with Gasteiger partial charge < -0.3 is 5.32 Å². The zero-order valence-electron chi connectivity index (χ0n) is 12.3. The molecule has 0 bridgehead atoms. The Morgan fingerprint density at radius 3 is 2.68 bits per heavy atom. The van der Waals surface area contributed by atoms with Gasteiger partial charge >= 0.3 is 0 Å². The van der Waals surface area contributed by atoms with Crippen molar-refractivity contribution >= 4 is 0 Å². The van der Waals surface area contributed by atoms with E-state index in [1.165, 1.54) is 37.7 Å². The largest absolute Gasteiger partial charge is 0.314 e. The average Bonchev–Trinajstić information content (AvgIpc) is 2.45. The maximum atomic E-state index is 4.06. The molecule has 0 aliphatic carbocycles. The van der Waals surface area contributed by atoms with Crippen molar-refractivity contribution < 1.29 is 0 Å². The number of hydrogen-bond acceptors (Lipinski definition) is 2. The Balaban J connectivity index is 2.22. The molecule has 0 amide bonds. The molecule has 1 N–H and O–H groups in total. The van der Waals surface area contributed by atoms with E-state index < -0.39 is 0 Å². The van der Waals surface area contributed by atoms with Gasteiger partial charge in [0.05, 0.1) is 0 Å². The lowest BCUT2D eigenvalue weighted by Gasteiger charge is -2.17. The minimum atomic E-state index is 0.655. The summed E-state index contributed by atoms with van der Waals surface area (Å²) < 4.78 is 0. The third-order valence-electron chi connectivity index (χ3n) is 3.48. The van der Waals surface area contributed by atoms with Crippen LogP contribution in [0.25, 0.3) is 0 Å². The monoisotopic (exact) mass is 260 g/mol. The normalized spacial score (nSPS) is 12.3. The first kappa shape index (κ1) is 15.9. The van der Waals surface area contributed by atoms with Crippen molar-refractivity contribution in [2.75, 3.05) is 6.54 Å². The van der Waals surface area contributed by atoms with Gasteiger partial charge in [-0.3, -0.25) is 4.98 Å². The van der Waals surface area contributed by atoms with Gasteiger partial charge in [-0.15, -0.1) is 6.58 Å². The van der Waals surface area contributed by atoms with E-state index in [1.54, 1.807) is 0 Å². The first-order chi connectivity index (χ1) is 9.36. The Morgan fingerprint density at radius 2 is 2.00 bits per heavy atom. The lowest BCUT2D eigenvalue weighted by molar-refractivity contribution is 0.442. The molecule has 1 atom stereocenters. The van der Waals surface area contributed by atoms with Crippen LogP contribution in [0.4, 0.5) is 0 Å². The minimum absolute atomic E-state index is 0.655. The summed E-state index contributed by atoms with van der Waals surface area (Å²) in [5, 5.41) is 3.61. The standard InChI is InChI=1S/C17H28N2/c1-3-5-6-7-8-9-17(19-4-2)11-10-16-12-14-18-15-13-16/h3,12-15,17,19H,1,4-11H2,2H3. The number of nitrogens with one attached hydrogen (secondary N) is 1. The van der Waals surface area contributed by atoms with Crippen LogP contribution in [0.3, 0.4) is 0 Å². The maximum absolute atomic E-state index is 4.06. The quantitative estimate of drug-likeness (QED) is 0.478. The second-order valence-corrected chi connectivity index (χ2v) is 5.08. The van der Waals surface area contributed by atoms with Crippen LogP contribution in [-0.2, 0) is 6.42 Å². The molecule has 1 unspecified atom stereocenters. The summed E-state index contributed by atoms with van der Waals surface area (Å²) in [5.74, 6) is 0. The van der Waals surface area contributed by atoms with Crippen molar-refractivity contribution in [3.8, 4) is 0 Å². The molecule has 0 aromatic carbocycles. The molecular formula is C17H28N2. The molecule has 0 spiro atoms. The van der Waals surface area contributed by atoms with Crippen molar-refractivity contribution in [2.24, 2.45) is 0 Å². The van der Waals surface area contributed by atoms with E-state index >= 15 is 0 Å². The summed E-state index contributed by atoms with van der Waals surface area (Å²) in [6.07, 6.45) is 14.5. The highest BCUT2D eigenvalue weighted by Gasteiger charge is 2.07. The molecule has 0 saturated heterocycles. The van der Waals surface area contributed by atoms with Crippen molar-refractivity contribution in [1.29, 1.82) is 0 Å². The first-order valence-electron chi connectivity index (χ1n) is 7.60. The van der Waals surface area contributed by atoms with Crippen LogP contribution < -0.4 is 5.32 Å². The van der Waals surface area contributed by atoms with Gasteiger partial charge in [0.2, 0.25) is 0 Å². The third-order valence-corrected chi connectivity index (χ3v) is 3.48. The molecule has 0 fully saturated rings. The van der Waals surface area contributed by atoms with E-state index in [0.717, 1.165) is 19.4 Å². The summed E-state index contributed by atoms with van der Waals surface area (Å²) in [5.41, 5.74) is 1.39. The molecule has 1 aromatic rings. The van der Waals surface area contributed by atoms with E-state index in [9.17, 15) is 0 Å². The number of aryl methyl sites for hydroxylation is 1. The van der Waals surface area contributed by atoms with E-state index in [1.807, 2.05) is 18.5 Å². The first-order valence-corrected chi connectivity index (χ1v) is 7.60. The molecule has 0 saturated carbocycles. The van der Waals surface area contributed by atoms with E-state index in [4.69, 9.17) is 0 Å². The Labute approximate surface area is 118 Å². The van der Waals surface area contributed by atoms with Crippen LogP contribution in [-0.4, -0.2) is 17.6 Å². The number of allylic oxidation sites excluding steroid dienone is 1. The number of unbranched alkanes of at least 4 members (excludes halogenated alkanes) is 3. The van der Waals surface area contributed by atoms with Crippen molar-refractivity contribution in [2.45, 2.75) is 57.9 Å². The van der Waals surface area contributed by atoms with Crippen molar-refractivity contribution in [3.05, 3.63) is 42.7 Å². The lowest BCUT2D eigenvalue weighted by Crippen LogP contribution is -2.29. The highest BCUT2D eigenvalue weighted by molar-refractivity contribution is 5.09. The average molecular weight is 260 g/mol. The SMILES string of the molecule is C=CCCCCCC(CCc1ccncc1)NCC. The molecule has 2 nitrogen and oxygen atoms in total. The van der Waals surface area contributed by atoms with E-state index in [2.05, 4.69) is 35.9 Å². The van der Waals surface area contributed by atoms with Gasteiger partial charge in [-0.2, -0.15) is 0 Å². The number of pyridine rings is 1. The minimum Gasteiger partial charge on any atom is -0.314 e. The summed E-state index contributed by atoms with van der Waals surface area (Å²) in [6, 6.07) is 4.89. The van der Waals surface area contributed by atoms with Gasteiger partial charge in [0, 0.05) is 18.4 Å². The van der Waals surface area contributed by atoms with E-state index in [-0.39, 0.29) is 0 Å². The van der Waals surface area contributed by atoms with Gasteiger partial charge in [0.1, 0.15) is 0 Å². The molecule has 0 radical (unpaired) electrons. The summed E-state index contributed by atoms with van der Waals surface area (Å²) >= 11 is 0. The summed E-state index contributed by atoms with van der Waals surface area (Å²) in [7, 11) is 0. The van der Waals surface area contributed by atoms with Gasteiger partial charge in [-0.1, -0.05) is 25.8 Å². The van der Waals surface area contributed by atoms with Crippen LogP contribution in [0.2, 0.25) is 0 Å².